The summed E-state index contributed by atoms with van der Waals surface area (Å²) in [4.78, 5) is 10.4. The Kier molecular flexibility index (Phi) is 7.52. The van der Waals surface area contributed by atoms with E-state index >= 15 is 0 Å². The first-order valence-corrected chi connectivity index (χ1v) is 22.0. The highest BCUT2D eigenvalue weighted by atomic mass is 14.9. The van der Waals surface area contributed by atoms with E-state index in [1.54, 1.807) is 11.1 Å². The minimum atomic E-state index is 0.116. The van der Waals surface area contributed by atoms with E-state index in [9.17, 15) is 0 Å². The van der Waals surface area contributed by atoms with Gasteiger partial charge in [-0.05, 0) is 152 Å². The minimum absolute atomic E-state index is 0.116. The van der Waals surface area contributed by atoms with Crippen molar-refractivity contribution in [3.05, 3.63) is 193 Å². The van der Waals surface area contributed by atoms with E-state index in [1.165, 1.54) is 87.0 Å². The summed E-state index contributed by atoms with van der Waals surface area (Å²) < 4.78 is 0. The van der Waals surface area contributed by atoms with E-state index in [4.69, 9.17) is 9.97 Å². The van der Waals surface area contributed by atoms with Crippen molar-refractivity contribution in [3.8, 4) is 67.3 Å². The zero-order valence-corrected chi connectivity index (χ0v) is 33.6. The fourth-order valence-corrected chi connectivity index (χ4v) is 12.7. The van der Waals surface area contributed by atoms with E-state index in [0.29, 0.717) is 0 Å². The second kappa shape index (κ2) is 13.2. The summed E-state index contributed by atoms with van der Waals surface area (Å²) in [6.07, 6.45) is 7.01. The molecule has 5 aliphatic rings. The third-order valence-corrected chi connectivity index (χ3v) is 15.0. The summed E-state index contributed by atoms with van der Waals surface area (Å²) in [5.41, 5.74) is 16.3. The summed E-state index contributed by atoms with van der Waals surface area (Å²) in [7, 11) is 0. The summed E-state index contributed by atoms with van der Waals surface area (Å²) in [6, 6.07) is 67.2. The Hall–Kier alpha value is -6.64. The molecule has 2 heteroatoms. The van der Waals surface area contributed by atoms with Crippen molar-refractivity contribution in [1.29, 1.82) is 0 Å². The fraction of sp³-hybridized carbons (Fsp3) is 0.172. The Balaban J connectivity index is 0.946. The Morgan fingerprint density at radius 2 is 0.917 bits per heavy atom. The maximum Gasteiger partial charge on any atom is 0.160 e. The molecule has 0 radical (unpaired) electrons. The van der Waals surface area contributed by atoms with Gasteiger partial charge in [0, 0.05) is 22.1 Å². The second-order valence-electron chi connectivity index (χ2n) is 18.2. The number of fused-ring (bicyclic) bond motifs is 5. The number of nitrogens with zero attached hydrogens (tertiary/aromatic N) is 2. The Bertz CT molecular complexity index is 3120. The Labute approximate surface area is 351 Å². The van der Waals surface area contributed by atoms with Crippen LogP contribution in [-0.4, -0.2) is 9.97 Å². The van der Waals surface area contributed by atoms with Crippen molar-refractivity contribution in [3.63, 3.8) is 0 Å². The van der Waals surface area contributed by atoms with Crippen LogP contribution in [-0.2, 0) is 5.41 Å². The highest BCUT2D eigenvalue weighted by molar-refractivity contribution is 6.01. The molecule has 8 aromatic carbocycles. The molecule has 4 fully saturated rings. The molecule has 0 aliphatic heterocycles. The van der Waals surface area contributed by atoms with Crippen LogP contribution in [0.3, 0.4) is 0 Å². The van der Waals surface area contributed by atoms with Gasteiger partial charge < -0.3 is 0 Å². The number of hydrogen-bond donors (Lipinski definition) is 0. The lowest BCUT2D eigenvalue weighted by Gasteiger charge is -2.61. The zero-order valence-electron chi connectivity index (χ0n) is 33.6. The standard InChI is InChI=1S/C58H44N2/c1-3-10-38(11-4-1)39-18-22-41(23-19-39)54-35-55(60-57(59-54)42-12-5-2-6-13-42)46-25-21-40-20-24-45(31-47(40)32-46)50-16-9-17-52-56(50)51-33-43-14-7-8-15-44(43)34-53(51)58(52)48-27-36-26-37(29-48)30-49(58)28-36/h1-25,31-37,48-49H,26-30H2. The molecule has 0 N–H and O–H groups in total. The molecular formula is C58H44N2. The molecule has 0 saturated heterocycles. The van der Waals surface area contributed by atoms with Crippen molar-refractivity contribution in [2.24, 2.45) is 23.7 Å². The van der Waals surface area contributed by atoms with Gasteiger partial charge in [0.15, 0.2) is 5.82 Å². The molecule has 4 saturated carbocycles. The lowest BCUT2D eigenvalue weighted by Crippen LogP contribution is -2.55. The Morgan fingerprint density at radius 1 is 0.350 bits per heavy atom. The molecule has 4 bridgehead atoms. The van der Waals surface area contributed by atoms with Crippen molar-refractivity contribution < 1.29 is 0 Å². The molecule has 1 aromatic heterocycles. The van der Waals surface area contributed by atoms with Gasteiger partial charge in [-0.2, -0.15) is 0 Å². The van der Waals surface area contributed by atoms with Gasteiger partial charge in [0.2, 0.25) is 0 Å². The average Bonchev–Trinajstić information content (AvgIpc) is 3.59. The first-order chi connectivity index (χ1) is 29.7. The minimum Gasteiger partial charge on any atom is -0.228 e. The van der Waals surface area contributed by atoms with Gasteiger partial charge in [0.1, 0.15) is 0 Å². The maximum atomic E-state index is 5.22. The molecule has 2 nitrogen and oxygen atoms in total. The third-order valence-electron chi connectivity index (χ3n) is 15.0. The number of hydrogen-bond acceptors (Lipinski definition) is 2. The predicted octanol–water partition coefficient (Wildman–Crippen LogP) is 14.8. The summed E-state index contributed by atoms with van der Waals surface area (Å²) in [6.45, 7) is 0. The van der Waals surface area contributed by atoms with Gasteiger partial charge in [-0.1, -0.05) is 152 Å². The van der Waals surface area contributed by atoms with Crippen LogP contribution in [0.4, 0.5) is 0 Å². The molecule has 5 aliphatic carbocycles. The van der Waals surface area contributed by atoms with Crippen molar-refractivity contribution in [2.45, 2.75) is 37.5 Å². The smallest absolute Gasteiger partial charge is 0.160 e. The molecule has 0 amide bonds. The van der Waals surface area contributed by atoms with Crippen LogP contribution >= 0.6 is 0 Å². The van der Waals surface area contributed by atoms with Crippen molar-refractivity contribution in [1.82, 2.24) is 9.97 Å². The summed E-state index contributed by atoms with van der Waals surface area (Å²) in [5.74, 6) is 4.01. The van der Waals surface area contributed by atoms with Crippen molar-refractivity contribution >= 4 is 21.5 Å². The van der Waals surface area contributed by atoms with Gasteiger partial charge in [0.05, 0.1) is 11.4 Å². The Morgan fingerprint density at radius 3 is 1.63 bits per heavy atom. The lowest BCUT2D eigenvalue weighted by atomic mass is 9.43. The molecule has 60 heavy (non-hydrogen) atoms. The van der Waals surface area contributed by atoms with Gasteiger partial charge in [0.25, 0.3) is 0 Å². The van der Waals surface area contributed by atoms with Crippen LogP contribution in [0.2, 0.25) is 0 Å². The lowest BCUT2D eigenvalue weighted by molar-refractivity contribution is -0.0398. The van der Waals surface area contributed by atoms with Gasteiger partial charge in [-0.25, -0.2) is 9.97 Å². The zero-order chi connectivity index (χ0) is 39.4. The first-order valence-electron chi connectivity index (χ1n) is 22.0. The molecular weight excluding hydrogens is 725 g/mol. The summed E-state index contributed by atoms with van der Waals surface area (Å²) >= 11 is 0. The topological polar surface area (TPSA) is 25.8 Å². The fourth-order valence-electron chi connectivity index (χ4n) is 12.7. The summed E-state index contributed by atoms with van der Waals surface area (Å²) in [5, 5.41) is 5.17. The molecule has 14 rings (SSSR count). The molecule has 0 atom stereocenters. The van der Waals surface area contributed by atoms with Gasteiger partial charge in [-0.3, -0.25) is 0 Å². The normalized spacial score (nSPS) is 22.1. The number of benzene rings is 8. The van der Waals surface area contributed by atoms with Crippen LogP contribution in [0.25, 0.3) is 88.8 Å². The molecule has 286 valence electrons. The third kappa shape index (κ3) is 5.19. The van der Waals surface area contributed by atoms with Crippen LogP contribution < -0.4 is 0 Å². The van der Waals surface area contributed by atoms with Crippen molar-refractivity contribution in [2.75, 3.05) is 0 Å². The predicted molar refractivity (Wildman–Crippen MR) is 247 cm³/mol. The number of rotatable bonds is 5. The average molecular weight is 769 g/mol. The van der Waals surface area contributed by atoms with E-state index in [0.717, 1.165) is 57.6 Å². The van der Waals surface area contributed by atoms with E-state index in [-0.39, 0.29) is 5.41 Å². The monoisotopic (exact) mass is 768 g/mol. The maximum absolute atomic E-state index is 5.22. The van der Waals surface area contributed by atoms with Crippen LogP contribution in [0, 0.1) is 23.7 Å². The van der Waals surface area contributed by atoms with Gasteiger partial charge >= 0.3 is 0 Å². The molecule has 0 unspecified atom stereocenters. The molecule has 9 aromatic rings. The van der Waals surface area contributed by atoms with Gasteiger partial charge in [-0.15, -0.1) is 0 Å². The second-order valence-corrected chi connectivity index (χ2v) is 18.2. The van der Waals surface area contributed by atoms with Crippen LogP contribution in [0.5, 0.6) is 0 Å². The molecule has 1 spiro atoms. The highest BCUT2D eigenvalue weighted by Crippen LogP contribution is 2.70. The van der Waals surface area contributed by atoms with E-state index < -0.39 is 0 Å². The highest BCUT2D eigenvalue weighted by Gasteiger charge is 2.61. The largest absolute Gasteiger partial charge is 0.228 e. The number of aromatic nitrogens is 2. The molecule has 1 heterocycles. The van der Waals surface area contributed by atoms with Crippen LogP contribution in [0.15, 0.2) is 182 Å². The SMILES string of the molecule is c1ccc(-c2ccc(-c3cc(-c4ccc5ccc(-c6cccc7c6-c6cc8ccccc8cc6C76C7CC8CC(C7)CC6C8)cc5c4)nc(-c4ccccc4)n3)cc2)cc1. The van der Waals surface area contributed by atoms with E-state index in [1.807, 2.05) is 6.07 Å². The quantitative estimate of drug-likeness (QED) is 0.174. The van der Waals surface area contributed by atoms with E-state index in [2.05, 4.69) is 176 Å². The van der Waals surface area contributed by atoms with Crippen LogP contribution in [0.1, 0.15) is 43.2 Å². The first kappa shape index (κ1) is 34.2.